The number of rotatable bonds is 3. The number of fused-ring (bicyclic) bond motifs is 1. The van der Waals surface area contributed by atoms with E-state index >= 15 is 0 Å². The number of anilines is 2. The van der Waals surface area contributed by atoms with Crippen LogP contribution in [0, 0.1) is 5.82 Å². The molecule has 1 fully saturated rings. The Bertz CT molecular complexity index is 1200. The molecule has 8 heteroatoms. The normalized spacial score (nSPS) is 14.5. The molecule has 4 aromatic rings. The van der Waals surface area contributed by atoms with Crippen LogP contribution in [0.5, 0.6) is 0 Å². The zero-order chi connectivity index (χ0) is 20.7. The minimum atomic E-state index is -0.255. The number of benzene rings is 2. The Morgan fingerprint density at radius 1 is 0.900 bits per heavy atom. The van der Waals surface area contributed by atoms with Gasteiger partial charge in [-0.2, -0.15) is 4.98 Å². The summed E-state index contributed by atoms with van der Waals surface area (Å²) in [5, 5.41) is 3.98. The highest BCUT2D eigenvalue weighted by molar-refractivity contribution is 7.17. The van der Waals surface area contributed by atoms with Crippen LogP contribution in [0.2, 0.25) is 10.3 Å². The Labute approximate surface area is 187 Å². The van der Waals surface area contributed by atoms with Gasteiger partial charge in [-0.15, -0.1) is 11.3 Å². The molecule has 0 atom stereocenters. The molecule has 1 saturated heterocycles. The maximum absolute atomic E-state index is 13.4. The number of piperazine rings is 1. The zero-order valence-electron chi connectivity index (χ0n) is 15.9. The fourth-order valence-corrected chi connectivity index (χ4v) is 5.16. The quantitative estimate of drug-likeness (QED) is 0.345. The first-order chi connectivity index (χ1) is 14.6. The molecule has 2 aromatic carbocycles. The molecule has 152 valence electrons. The Hall–Kier alpha value is -2.41. The van der Waals surface area contributed by atoms with Gasteiger partial charge in [-0.05, 0) is 47.5 Å². The highest BCUT2D eigenvalue weighted by Crippen LogP contribution is 2.39. The van der Waals surface area contributed by atoms with Crippen molar-refractivity contribution in [2.24, 2.45) is 0 Å². The van der Waals surface area contributed by atoms with Crippen molar-refractivity contribution in [3.63, 3.8) is 0 Å². The lowest BCUT2D eigenvalue weighted by atomic mass is 10.1. The number of hydrogen-bond acceptors (Lipinski definition) is 5. The molecule has 1 aliphatic rings. The maximum atomic E-state index is 13.4. The summed E-state index contributed by atoms with van der Waals surface area (Å²) in [4.78, 5) is 14.4. The summed E-state index contributed by atoms with van der Waals surface area (Å²) in [6.45, 7) is 3.29. The van der Waals surface area contributed by atoms with Crippen LogP contribution in [0.4, 0.5) is 15.9 Å². The zero-order valence-corrected chi connectivity index (χ0v) is 18.2. The molecule has 0 spiro atoms. The molecular weight excluding hydrogens is 442 g/mol. The summed E-state index contributed by atoms with van der Waals surface area (Å²) in [6, 6.07) is 14.4. The molecule has 2 aromatic heterocycles. The van der Waals surface area contributed by atoms with Crippen molar-refractivity contribution in [2.75, 3.05) is 36.0 Å². The van der Waals surface area contributed by atoms with E-state index in [2.05, 4.69) is 25.8 Å². The third kappa shape index (κ3) is 3.71. The number of halogens is 3. The van der Waals surface area contributed by atoms with Crippen LogP contribution in [-0.2, 0) is 0 Å². The van der Waals surface area contributed by atoms with Gasteiger partial charge in [-0.1, -0.05) is 29.8 Å². The number of hydrogen-bond donors (Lipinski definition) is 0. The van der Waals surface area contributed by atoms with Gasteiger partial charge >= 0.3 is 0 Å². The lowest BCUT2D eigenvalue weighted by molar-refractivity contribution is 0.628. The largest absolute Gasteiger partial charge is 0.368 e. The first kappa shape index (κ1) is 19.5. The third-order valence-corrected chi connectivity index (χ3v) is 6.57. The Kier molecular flexibility index (Phi) is 5.23. The molecule has 0 amide bonds. The Morgan fingerprint density at radius 2 is 1.63 bits per heavy atom. The van der Waals surface area contributed by atoms with E-state index in [9.17, 15) is 4.39 Å². The van der Waals surface area contributed by atoms with E-state index in [1.54, 1.807) is 12.1 Å². The maximum Gasteiger partial charge on any atom is 0.225 e. The summed E-state index contributed by atoms with van der Waals surface area (Å²) in [7, 11) is 0. The van der Waals surface area contributed by atoms with Crippen molar-refractivity contribution in [3.05, 3.63) is 70.0 Å². The average molecular weight is 459 g/mol. The topological polar surface area (TPSA) is 32.3 Å². The molecule has 5 rings (SSSR count). The second kappa shape index (κ2) is 8.02. The van der Waals surface area contributed by atoms with E-state index in [0.717, 1.165) is 64.1 Å². The van der Waals surface area contributed by atoms with E-state index in [0.29, 0.717) is 0 Å². The van der Waals surface area contributed by atoms with Crippen molar-refractivity contribution in [1.82, 2.24) is 9.97 Å². The van der Waals surface area contributed by atoms with E-state index in [1.807, 2.05) is 23.6 Å². The van der Waals surface area contributed by atoms with Crippen LogP contribution in [-0.4, -0.2) is 36.1 Å². The molecule has 0 bridgehead atoms. The Balaban J connectivity index is 1.48. The highest BCUT2D eigenvalue weighted by Gasteiger charge is 2.23. The molecule has 0 radical (unpaired) electrons. The summed E-state index contributed by atoms with van der Waals surface area (Å²) >= 11 is 13.9. The summed E-state index contributed by atoms with van der Waals surface area (Å²) in [5.41, 5.74) is 3.06. The molecule has 0 saturated carbocycles. The fourth-order valence-electron chi connectivity index (χ4n) is 3.82. The van der Waals surface area contributed by atoms with Gasteiger partial charge in [0.25, 0.3) is 0 Å². The highest BCUT2D eigenvalue weighted by atomic mass is 35.5. The van der Waals surface area contributed by atoms with Crippen LogP contribution in [0.25, 0.3) is 21.3 Å². The minimum Gasteiger partial charge on any atom is -0.368 e. The van der Waals surface area contributed by atoms with Gasteiger partial charge in [0.05, 0.1) is 5.39 Å². The van der Waals surface area contributed by atoms with Crippen LogP contribution >= 0.6 is 34.5 Å². The fraction of sp³-hybridized carbons (Fsp3) is 0.182. The van der Waals surface area contributed by atoms with Crippen LogP contribution < -0.4 is 9.80 Å². The lowest BCUT2D eigenvalue weighted by Gasteiger charge is -2.37. The van der Waals surface area contributed by atoms with Crippen molar-refractivity contribution in [3.8, 4) is 11.1 Å². The summed E-state index contributed by atoms with van der Waals surface area (Å²) in [5.74, 6) is 0.575. The Morgan fingerprint density at radius 3 is 2.37 bits per heavy atom. The summed E-state index contributed by atoms with van der Waals surface area (Å²) < 4.78 is 13.4. The van der Waals surface area contributed by atoms with Gasteiger partial charge in [0.15, 0.2) is 0 Å². The van der Waals surface area contributed by atoms with Gasteiger partial charge in [-0.3, -0.25) is 0 Å². The number of aromatic nitrogens is 2. The van der Waals surface area contributed by atoms with Crippen LogP contribution in [0.1, 0.15) is 0 Å². The van der Waals surface area contributed by atoms with Gasteiger partial charge in [0.2, 0.25) is 5.28 Å². The molecule has 4 nitrogen and oxygen atoms in total. The van der Waals surface area contributed by atoms with Crippen molar-refractivity contribution in [1.29, 1.82) is 0 Å². The monoisotopic (exact) mass is 458 g/mol. The van der Waals surface area contributed by atoms with Crippen molar-refractivity contribution in [2.45, 2.75) is 0 Å². The van der Waals surface area contributed by atoms with Crippen LogP contribution in [0.3, 0.4) is 0 Å². The molecule has 0 unspecified atom stereocenters. The van der Waals surface area contributed by atoms with Crippen LogP contribution in [0.15, 0.2) is 53.9 Å². The first-order valence-electron chi connectivity index (χ1n) is 9.54. The van der Waals surface area contributed by atoms with E-state index < -0.39 is 0 Å². The third-order valence-electron chi connectivity index (χ3n) is 5.29. The van der Waals surface area contributed by atoms with Crippen molar-refractivity contribution < 1.29 is 4.39 Å². The molecular formula is C22H17Cl2FN4S. The average Bonchev–Trinajstić information content (AvgIpc) is 3.17. The summed E-state index contributed by atoms with van der Waals surface area (Å²) in [6.07, 6.45) is 0. The second-order valence-electron chi connectivity index (χ2n) is 7.11. The number of thiophene rings is 1. The van der Waals surface area contributed by atoms with Crippen molar-refractivity contribution >= 4 is 56.3 Å². The molecule has 30 heavy (non-hydrogen) atoms. The standard InChI is InChI=1S/C22H17Cl2FN4S/c23-15-2-1-3-17(12-15)28-8-10-29(11-9-28)20-19-18(14-4-6-16(25)7-5-14)13-30-21(19)27-22(24)26-20/h1-7,12-13H,8-11H2. The molecule has 3 heterocycles. The van der Waals surface area contributed by atoms with E-state index in [-0.39, 0.29) is 11.1 Å². The molecule has 0 aliphatic carbocycles. The smallest absolute Gasteiger partial charge is 0.225 e. The predicted octanol–water partition coefficient (Wildman–Crippen LogP) is 6.13. The van der Waals surface area contributed by atoms with Gasteiger partial charge < -0.3 is 9.80 Å². The SMILES string of the molecule is Fc1ccc(-c2csc3nc(Cl)nc(N4CCN(c5cccc(Cl)c5)CC4)c23)cc1. The van der Waals surface area contributed by atoms with E-state index in [1.165, 1.54) is 23.5 Å². The van der Waals surface area contributed by atoms with Gasteiger partial charge in [0, 0.05) is 47.8 Å². The van der Waals surface area contributed by atoms with Gasteiger partial charge in [0.1, 0.15) is 16.5 Å². The van der Waals surface area contributed by atoms with E-state index in [4.69, 9.17) is 23.2 Å². The number of nitrogens with zero attached hydrogens (tertiary/aromatic N) is 4. The first-order valence-corrected chi connectivity index (χ1v) is 11.2. The predicted molar refractivity (Wildman–Crippen MR) is 124 cm³/mol. The lowest BCUT2D eigenvalue weighted by Crippen LogP contribution is -2.47. The second-order valence-corrected chi connectivity index (χ2v) is 8.74. The molecule has 1 aliphatic heterocycles. The van der Waals surface area contributed by atoms with Gasteiger partial charge in [-0.25, -0.2) is 9.37 Å². The molecule has 0 N–H and O–H groups in total. The minimum absolute atomic E-state index is 0.238.